The van der Waals surface area contributed by atoms with Gasteiger partial charge in [0.15, 0.2) is 6.10 Å². The maximum Gasteiger partial charge on any atom is 0.153 e. The van der Waals surface area contributed by atoms with Gasteiger partial charge in [0.05, 0.1) is 0 Å². The zero-order chi connectivity index (χ0) is 9.80. The lowest BCUT2D eigenvalue weighted by molar-refractivity contribution is 0.217. The molecule has 3 nitrogen and oxygen atoms in total. The molecule has 0 saturated heterocycles. The van der Waals surface area contributed by atoms with E-state index in [4.69, 9.17) is 4.74 Å². The summed E-state index contributed by atoms with van der Waals surface area (Å²) in [5.41, 5.74) is 0. The zero-order valence-electron chi connectivity index (χ0n) is 7.90. The largest absolute Gasteiger partial charge is 0.483 e. The third-order valence-electron chi connectivity index (χ3n) is 1.90. The van der Waals surface area contributed by atoms with Crippen LogP contribution in [0.5, 0.6) is 5.75 Å². The van der Waals surface area contributed by atoms with Crippen LogP contribution < -0.4 is 4.74 Å². The van der Waals surface area contributed by atoms with Crippen molar-refractivity contribution in [3.8, 4) is 5.75 Å². The molecule has 0 spiro atoms. The van der Waals surface area contributed by atoms with E-state index in [0.29, 0.717) is 0 Å². The van der Waals surface area contributed by atoms with Crippen molar-refractivity contribution < 1.29 is 4.74 Å². The number of hydrogen-bond acceptors (Lipinski definition) is 2. The quantitative estimate of drug-likeness (QED) is 0.800. The molecule has 1 atom stereocenters. The number of benzene rings is 1. The fourth-order valence-electron chi connectivity index (χ4n) is 1.21. The zero-order valence-corrected chi connectivity index (χ0v) is 7.90. The number of rotatable bonds is 3. The summed E-state index contributed by atoms with van der Waals surface area (Å²) in [6.45, 7) is 1.95. The fraction of sp³-hybridized carbons (Fsp3) is 0.182. The van der Waals surface area contributed by atoms with E-state index in [0.717, 1.165) is 11.6 Å². The number of imidazole rings is 1. The van der Waals surface area contributed by atoms with E-state index in [1.54, 1.807) is 12.4 Å². The summed E-state index contributed by atoms with van der Waals surface area (Å²) in [4.78, 5) is 7.14. The first-order valence-corrected chi connectivity index (χ1v) is 4.48. The Morgan fingerprint density at radius 3 is 2.86 bits per heavy atom. The summed E-state index contributed by atoms with van der Waals surface area (Å²) in [5.74, 6) is 1.66. The third-order valence-corrected chi connectivity index (χ3v) is 1.90. The monoisotopic (exact) mass is 187 g/mol. The van der Waals surface area contributed by atoms with Gasteiger partial charge in [-0.2, -0.15) is 0 Å². The first-order valence-electron chi connectivity index (χ1n) is 4.48. The Morgan fingerprint density at radius 2 is 2.21 bits per heavy atom. The minimum atomic E-state index is -0.0626. The second kappa shape index (κ2) is 3.96. The molecule has 0 saturated carbocycles. The molecule has 0 bridgehead atoms. The van der Waals surface area contributed by atoms with E-state index in [1.807, 2.05) is 31.2 Å². The molecule has 0 aliphatic rings. The Bertz CT molecular complexity index is 369. The molecular formula is C11H11N2O. The SMILES string of the molecule is CC(Oc1cc[c]cc1)c1ncc[nH]1. The van der Waals surface area contributed by atoms with Crippen molar-refractivity contribution in [1.82, 2.24) is 9.97 Å². The molecule has 1 heterocycles. The molecule has 0 amide bonds. The van der Waals surface area contributed by atoms with E-state index in [1.165, 1.54) is 0 Å². The average Bonchev–Trinajstić information content (AvgIpc) is 2.72. The second-order valence-electron chi connectivity index (χ2n) is 2.97. The summed E-state index contributed by atoms with van der Waals surface area (Å²) in [7, 11) is 0. The van der Waals surface area contributed by atoms with Crippen LogP contribution >= 0.6 is 0 Å². The Hall–Kier alpha value is -1.77. The normalized spacial score (nSPS) is 12.4. The Balaban J connectivity index is 2.06. The molecule has 0 fully saturated rings. The van der Waals surface area contributed by atoms with Gasteiger partial charge >= 0.3 is 0 Å². The molecule has 1 radical (unpaired) electrons. The lowest BCUT2D eigenvalue weighted by Gasteiger charge is -2.11. The molecule has 3 heteroatoms. The summed E-state index contributed by atoms with van der Waals surface area (Å²) in [6.07, 6.45) is 3.44. The highest BCUT2D eigenvalue weighted by molar-refractivity contribution is 5.21. The van der Waals surface area contributed by atoms with Crippen molar-refractivity contribution in [3.05, 3.63) is 48.5 Å². The van der Waals surface area contributed by atoms with Crippen LogP contribution in [0, 0.1) is 6.07 Å². The number of hydrogen-bond donors (Lipinski definition) is 1. The van der Waals surface area contributed by atoms with E-state index >= 15 is 0 Å². The topological polar surface area (TPSA) is 37.9 Å². The van der Waals surface area contributed by atoms with Gasteiger partial charge in [-0.1, -0.05) is 12.1 Å². The summed E-state index contributed by atoms with van der Waals surface area (Å²) in [5, 5.41) is 0. The molecule has 1 aromatic heterocycles. The van der Waals surface area contributed by atoms with Crippen LogP contribution in [-0.4, -0.2) is 9.97 Å². The van der Waals surface area contributed by atoms with E-state index < -0.39 is 0 Å². The molecule has 14 heavy (non-hydrogen) atoms. The van der Waals surface area contributed by atoms with Crippen LogP contribution in [0.4, 0.5) is 0 Å². The second-order valence-corrected chi connectivity index (χ2v) is 2.97. The van der Waals surface area contributed by atoms with Crippen LogP contribution in [0.15, 0.2) is 36.7 Å². The number of nitrogens with zero attached hydrogens (tertiary/aromatic N) is 1. The smallest absolute Gasteiger partial charge is 0.153 e. The van der Waals surface area contributed by atoms with Gasteiger partial charge in [0.1, 0.15) is 11.6 Å². The highest BCUT2D eigenvalue weighted by atomic mass is 16.5. The van der Waals surface area contributed by atoms with Crippen molar-refractivity contribution in [2.24, 2.45) is 0 Å². The van der Waals surface area contributed by atoms with Crippen molar-refractivity contribution in [3.63, 3.8) is 0 Å². The Labute approximate surface area is 82.8 Å². The van der Waals surface area contributed by atoms with Crippen molar-refractivity contribution in [2.45, 2.75) is 13.0 Å². The predicted octanol–water partition coefficient (Wildman–Crippen LogP) is 2.35. The standard InChI is InChI=1S/C11H11N2O/c1-9(11-12-7-8-13-11)14-10-5-3-2-4-6-10/h3-9H,1H3,(H,12,13). The fourth-order valence-corrected chi connectivity index (χ4v) is 1.21. The van der Waals surface area contributed by atoms with Crippen molar-refractivity contribution in [1.29, 1.82) is 0 Å². The van der Waals surface area contributed by atoms with E-state index in [2.05, 4.69) is 16.0 Å². The molecule has 0 aliphatic carbocycles. The number of ether oxygens (including phenoxy) is 1. The molecule has 1 N–H and O–H groups in total. The van der Waals surface area contributed by atoms with Crippen LogP contribution in [0.3, 0.4) is 0 Å². The van der Waals surface area contributed by atoms with Crippen molar-refractivity contribution in [2.75, 3.05) is 0 Å². The van der Waals surface area contributed by atoms with Gasteiger partial charge in [-0.3, -0.25) is 0 Å². The lowest BCUT2D eigenvalue weighted by atomic mass is 10.3. The molecule has 71 valence electrons. The molecule has 0 aliphatic heterocycles. The highest BCUT2D eigenvalue weighted by Crippen LogP contribution is 2.17. The summed E-state index contributed by atoms with van der Waals surface area (Å²) < 4.78 is 5.64. The van der Waals surface area contributed by atoms with Gasteiger partial charge in [0, 0.05) is 12.4 Å². The lowest BCUT2D eigenvalue weighted by Crippen LogP contribution is -2.04. The minimum absolute atomic E-state index is 0.0626. The van der Waals surface area contributed by atoms with E-state index in [-0.39, 0.29) is 6.10 Å². The summed E-state index contributed by atoms with van der Waals surface area (Å²) in [6, 6.07) is 10.3. The van der Waals surface area contributed by atoms with Gasteiger partial charge in [0.25, 0.3) is 0 Å². The van der Waals surface area contributed by atoms with Gasteiger partial charge in [-0.05, 0) is 25.1 Å². The average molecular weight is 187 g/mol. The Morgan fingerprint density at radius 1 is 1.43 bits per heavy atom. The maximum absolute atomic E-state index is 5.64. The number of H-pyrrole nitrogens is 1. The van der Waals surface area contributed by atoms with Crippen LogP contribution in [-0.2, 0) is 0 Å². The summed E-state index contributed by atoms with van der Waals surface area (Å²) >= 11 is 0. The maximum atomic E-state index is 5.64. The number of nitrogens with one attached hydrogen (secondary N) is 1. The molecule has 1 aromatic carbocycles. The first kappa shape index (κ1) is 8.81. The molecule has 2 aromatic rings. The van der Waals surface area contributed by atoms with Crippen LogP contribution in [0.1, 0.15) is 18.9 Å². The van der Waals surface area contributed by atoms with Crippen LogP contribution in [0.2, 0.25) is 0 Å². The third kappa shape index (κ3) is 1.93. The first-order chi connectivity index (χ1) is 6.86. The minimum Gasteiger partial charge on any atom is -0.483 e. The molecule has 2 rings (SSSR count). The van der Waals surface area contributed by atoms with Gasteiger partial charge in [-0.15, -0.1) is 0 Å². The molecule has 1 unspecified atom stereocenters. The molecular weight excluding hydrogens is 176 g/mol. The number of aromatic amines is 1. The van der Waals surface area contributed by atoms with Crippen molar-refractivity contribution >= 4 is 0 Å². The Kier molecular flexibility index (Phi) is 2.49. The van der Waals surface area contributed by atoms with Gasteiger partial charge < -0.3 is 9.72 Å². The van der Waals surface area contributed by atoms with E-state index in [9.17, 15) is 0 Å². The highest BCUT2D eigenvalue weighted by Gasteiger charge is 2.08. The predicted molar refractivity (Wildman–Crippen MR) is 52.9 cm³/mol. The van der Waals surface area contributed by atoms with Gasteiger partial charge in [-0.25, -0.2) is 4.98 Å². The number of aromatic nitrogens is 2. The van der Waals surface area contributed by atoms with Crippen LogP contribution in [0.25, 0.3) is 0 Å². The van der Waals surface area contributed by atoms with Gasteiger partial charge in [0.2, 0.25) is 0 Å².